The Bertz CT molecular complexity index is 1620. The number of halogens is 2. The summed E-state index contributed by atoms with van der Waals surface area (Å²) in [6, 6.07) is 20.5. The van der Waals surface area contributed by atoms with Crippen molar-refractivity contribution in [3.05, 3.63) is 118 Å². The van der Waals surface area contributed by atoms with Crippen molar-refractivity contribution < 1.29 is 9.53 Å². The van der Waals surface area contributed by atoms with Gasteiger partial charge in [-0.15, -0.1) is 0 Å². The van der Waals surface area contributed by atoms with Crippen LogP contribution in [-0.2, 0) is 19.5 Å². The Hall–Kier alpha value is -3.98. The number of rotatable bonds is 9. The zero-order valence-corrected chi connectivity index (χ0v) is 23.7. The molecule has 0 radical (unpaired) electrons. The molecule has 8 nitrogen and oxygen atoms in total. The number of hydrogen-bond acceptors (Lipinski definition) is 6. The van der Waals surface area contributed by atoms with Gasteiger partial charge in [0.2, 0.25) is 0 Å². The zero-order valence-electron chi connectivity index (χ0n) is 22.2. The molecule has 0 aliphatic carbocycles. The van der Waals surface area contributed by atoms with E-state index in [1.807, 2.05) is 42.6 Å². The van der Waals surface area contributed by atoms with Crippen LogP contribution in [0.2, 0.25) is 10.0 Å². The second-order valence-electron chi connectivity index (χ2n) is 9.95. The van der Waals surface area contributed by atoms with E-state index in [-0.39, 0.29) is 27.6 Å². The second kappa shape index (κ2) is 12.3. The fourth-order valence-corrected chi connectivity index (χ4v) is 5.72. The molecule has 0 saturated carbocycles. The van der Waals surface area contributed by atoms with Crippen LogP contribution < -0.4 is 10.1 Å². The molecule has 0 fully saturated rings. The van der Waals surface area contributed by atoms with Crippen molar-refractivity contribution in [2.45, 2.75) is 32.0 Å². The van der Waals surface area contributed by atoms with Gasteiger partial charge in [0.25, 0.3) is 5.91 Å². The topological polar surface area (TPSA) is 96.0 Å². The van der Waals surface area contributed by atoms with E-state index in [2.05, 4.69) is 44.5 Å². The van der Waals surface area contributed by atoms with E-state index in [0.29, 0.717) is 32.7 Å². The van der Waals surface area contributed by atoms with Crippen molar-refractivity contribution in [2.24, 2.45) is 0 Å². The minimum atomic E-state index is -0.314. The van der Waals surface area contributed by atoms with E-state index in [9.17, 15) is 4.79 Å². The molecule has 2 N–H and O–H groups in total. The number of fused-ring (bicyclic) bond motifs is 2. The summed E-state index contributed by atoms with van der Waals surface area (Å²) in [5, 5.41) is 3.35. The third kappa shape index (κ3) is 6.20. The van der Waals surface area contributed by atoms with E-state index in [1.165, 1.54) is 18.0 Å². The maximum Gasteiger partial charge on any atom is 0.254 e. The quantitative estimate of drug-likeness (QED) is 0.215. The van der Waals surface area contributed by atoms with Crippen molar-refractivity contribution >= 4 is 40.1 Å². The highest BCUT2D eigenvalue weighted by Gasteiger charge is 2.29. The molecular weight excluding hydrogens is 559 g/mol. The zero-order chi connectivity index (χ0) is 28.2. The summed E-state index contributed by atoms with van der Waals surface area (Å²) in [5.74, 6) is 1.44. The standard InChI is InChI=1S/C31H28Cl2N6O2/c32-22-16-34-17-23(33)29(22)31(40)36-14-11-20-7-9-21(10-8-20)18-39(19-28-37-24-4-1-2-5-25(24)38-28)26-12-15-41-27-6-3-13-35-30(26)27/h1-10,13,16-17,26H,11-12,14-15,18-19H2,(H,36,40)(H,37,38). The molecule has 0 saturated heterocycles. The molecule has 1 amide bonds. The Morgan fingerprint density at radius 3 is 2.59 bits per heavy atom. The second-order valence-corrected chi connectivity index (χ2v) is 10.8. The lowest BCUT2D eigenvalue weighted by atomic mass is 10.0. The van der Waals surface area contributed by atoms with E-state index < -0.39 is 0 Å². The summed E-state index contributed by atoms with van der Waals surface area (Å²) >= 11 is 12.2. The molecule has 10 heteroatoms. The Morgan fingerprint density at radius 1 is 1.00 bits per heavy atom. The van der Waals surface area contributed by atoms with Gasteiger partial charge in [-0.3, -0.25) is 19.7 Å². The van der Waals surface area contributed by atoms with Gasteiger partial charge in [0.1, 0.15) is 11.6 Å². The SMILES string of the molecule is O=C(NCCc1ccc(CN(Cc2nc3ccccc3[nH]2)C2CCOc3cccnc32)cc1)c1c(Cl)cncc1Cl. The predicted molar refractivity (Wildman–Crippen MR) is 159 cm³/mol. The molecule has 4 heterocycles. The van der Waals surface area contributed by atoms with Gasteiger partial charge in [-0.05, 0) is 41.8 Å². The molecule has 1 aliphatic rings. The number of nitrogens with zero attached hydrogens (tertiary/aromatic N) is 4. The lowest BCUT2D eigenvalue weighted by Crippen LogP contribution is -2.33. The van der Waals surface area contributed by atoms with Crippen molar-refractivity contribution in [3.8, 4) is 5.75 Å². The fraction of sp³-hybridized carbons (Fsp3) is 0.226. The third-order valence-corrected chi connectivity index (χ3v) is 7.76. The van der Waals surface area contributed by atoms with Gasteiger partial charge >= 0.3 is 0 Å². The Morgan fingerprint density at radius 2 is 1.78 bits per heavy atom. The summed E-state index contributed by atoms with van der Waals surface area (Å²) in [6.07, 6.45) is 6.16. The van der Waals surface area contributed by atoms with Gasteiger partial charge in [-0.25, -0.2) is 4.98 Å². The number of ether oxygens (including phenoxy) is 1. The number of amides is 1. The molecule has 1 atom stereocenters. The van der Waals surface area contributed by atoms with Gasteiger partial charge in [-0.2, -0.15) is 0 Å². The minimum Gasteiger partial charge on any atom is -0.492 e. The summed E-state index contributed by atoms with van der Waals surface area (Å²) < 4.78 is 5.90. The van der Waals surface area contributed by atoms with Gasteiger partial charge in [-0.1, -0.05) is 59.6 Å². The Kier molecular flexibility index (Phi) is 8.14. The van der Waals surface area contributed by atoms with E-state index in [1.54, 1.807) is 0 Å². The number of nitrogens with one attached hydrogen (secondary N) is 2. The largest absolute Gasteiger partial charge is 0.492 e. The number of para-hydroxylation sites is 2. The number of carbonyl (C=O) groups is 1. The monoisotopic (exact) mass is 586 g/mol. The average molecular weight is 588 g/mol. The van der Waals surface area contributed by atoms with Crippen molar-refractivity contribution in [1.29, 1.82) is 0 Å². The van der Waals surface area contributed by atoms with Gasteiger partial charge in [0.05, 0.1) is 51.5 Å². The number of pyridine rings is 2. The summed E-state index contributed by atoms with van der Waals surface area (Å²) in [5.41, 5.74) is 5.47. The number of imidazole rings is 1. The molecule has 0 spiro atoms. The first-order valence-corrected chi connectivity index (χ1v) is 14.2. The first-order chi connectivity index (χ1) is 20.0. The summed E-state index contributed by atoms with van der Waals surface area (Å²) in [6.45, 7) is 2.45. The molecule has 1 aliphatic heterocycles. The molecular formula is C31H28Cl2N6O2. The van der Waals surface area contributed by atoms with Crippen LogP contribution in [0, 0.1) is 0 Å². The number of aromatic amines is 1. The Labute approximate surface area is 247 Å². The van der Waals surface area contributed by atoms with Gasteiger partial charge in [0.15, 0.2) is 0 Å². The highest BCUT2D eigenvalue weighted by atomic mass is 35.5. The minimum absolute atomic E-state index is 0.0925. The lowest BCUT2D eigenvalue weighted by molar-refractivity contribution is 0.0954. The molecule has 208 valence electrons. The molecule has 3 aromatic heterocycles. The van der Waals surface area contributed by atoms with Crippen LogP contribution >= 0.6 is 23.2 Å². The fourth-order valence-electron chi connectivity index (χ4n) is 5.18. The van der Waals surface area contributed by atoms with E-state index >= 15 is 0 Å². The third-order valence-electron chi connectivity index (χ3n) is 7.18. The number of carbonyl (C=O) groups excluding carboxylic acids is 1. The summed E-state index contributed by atoms with van der Waals surface area (Å²) in [7, 11) is 0. The Balaban J connectivity index is 1.15. The molecule has 41 heavy (non-hydrogen) atoms. The number of hydrogen-bond donors (Lipinski definition) is 2. The first kappa shape index (κ1) is 27.2. The maximum absolute atomic E-state index is 12.6. The van der Waals surface area contributed by atoms with Crippen molar-refractivity contribution in [3.63, 3.8) is 0 Å². The number of aromatic nitrogens is 4. The molecule has 1 unspecified atom stereocenters. The predicted octanol–water partition coefficient (Wildman–Crippen LogP) is 6.16. The van der Waals surface area contributed by atoms with Crippen LogP contribution in [0.15, 0.2) is 79.3 Å². The molecule has 2 aromatic carbocycles. The lowest BCUT2D eigenvalue weighted by Gasteiger charge is -2.34. The van der Waals surface area contributed by atoms with Crippen LogP contribution in [0.25, 0.3) is 11.0 Å². The highest BCUT2D eigenvalue weighted by Crippen LogP contribution is 2.36. The van der Waals surface area contributed by atoms with E-state index in [0.717, 1.165) is 40.3 Å². The summed E-state index contributed by atoms with van der Waals surface area (Å²) in [4.78, 5) is 31.9. The van der Waals surface area contributed by atoms with Crippen LogP contribution in [0.1, 0.15) is 45.5 Å². The van der Waals surface area contributed by atoms with Crippen LogP contribution in [0.3, 0.4) is 0 Å². The van der Waals surface area contributed by atoms with Crippen LogP contribution in [0.5, 0.6) is 5.75 Å². The van der Waals surface area contributed by atoms with Gasteiger partial charge < -0.3 is 15.0 Å². The molecule has 6 rings (SSSR count). The van der Waals surface area contributed by atoms with E-state index in [4.69, 9.17) is 37.9 Å². The maximum atomic E-state index is 12.6. The molecule has 5 aromatic rings. The number of benzene rings is 2. The normalized spacial score (nSPS) is 14.6. The van der Waals surface area contributed by atoms with Gasteiger partial charge in [0, 0.05) is 38.1 Å². The first-order valence-electron chi connectivity index (χ1n) is 13.5. The van der Waals surface area contributed by atoms with Crippen molar-refractivity contribution in [2.75, 3.05) is 13.2 Å². The van der Waals surface area contributed by atoms with Crippen LogP contribution in [0.4, 0.5) is 0 Å². The smallest absolute Gasteiger partial charge is 0.254 e. The average Bonchev–Trinajstić information content (AvgIpc) is 3.40. The molecule has 0 bridgehead atoms. The highest BCUT2D eigenvalue weighted by molar-refractivity contribution is 6.39. The van der Waals surface area contributed by atoms with Crippen molar-refractivity contribution in [1.82, 2.24) is 30.2 Å². The van der Waals surface area contributed by atoms with Crippen LogP contribution in [-0.4, -0.2) is 43.9 Å². The number of H-pyrrole nitrogens is 1.